The van der Waals surface area contributed by atoms with Crippen molar-refractivity contribution in [1.29, 1.82) is 0 Å². The van der Waals surface area contributed by atoms with Crippen LogP contribution in [0.15, 0.2) is 0 Å². The summed E-state index contributed by atoms with van der Waals surface area (Å²) in [6, 6.07) is 0.828. The fraction of sp³-hybridized carbons (Fsp3) is 1.00. The summed E-state index contributed by atoms with van der Waals surface area (Å²) in [5.41, 5.74) is 0.527. The van der Waals surface area contributed by atoms with E-state index in [1.54, 1.807) is 0 Å². The van der Waals surface area contributed by atoms with Gasteiger partial charge in [-0.3, -0.25) is 0 Å². The van der Waals surface area contributed by atoms with Gasteiger partial charge in [0.25, 0.3) is 0 Å². The van der Waals surface area contributed by atoms with Crippen LogP contribution in [0.5, 0.6) is 0 Å². The van der Waals surface area contributed by atoms with Gasteiger partial charge in [-0.25, -0.2) is 0 Å². The van der Waals surface area contributed by atoms with Crippen molar-refractivity contribution in [2.45, 2.75) is 78.2 Å². The van der Waals surface area contributed by atoms with Crippen molar-refractivity contribution in [2.75, 3.05) is 26.7 Å². The number of hydrogen-bond acceptors (Lipinski definition) is 2. The molecule has 0 spiro atoms. The summed E-state index contributed by atoms with van der Waals surface area (Å²) in [6.45, 7) is 10.8. The van der Waals surface area contributed by atoms with Gasteiger partial charge in [-0.15, -0.1) is 0 Å². The lowest BCUT2D eigenvalue weighted by molar-refractivity contribution is 0.0469. The highest BCUT2D eigenvalue weighted by atomic mass is 15.1. The Morgan fingerprint density at radius 2 is 1.86 bits per heavy atom. The highest BCUT2D eigenvalue weighted by Crippen LogP contribution is 2.40. The van der Waals surface area contributed by atoms with Gasteiger partial charge in [0.1, 0.15) is 0 Å². The second-order valence-electron chi connectivity index (χ2n) is 8.23. The molecular weight excluding hydrogens is 256 g/mol. The highest BCUT2D eigenvalue weighted by Gasteiger charge is 2.37. The summed E-state index contributed by atoms with van der Waals surface area (Å²) in [5, 5.41) is 3.67. The molecule has 0 amide bonds. The molecule has 2 aliphatic carbocycles. The van der Waals surface area contributed by atoms with Gasteiger partial charge in [-0.2, -0.15) is 0 Å². The van der Waals surface area contributed by atoms with Crippen molar-refractivity contribution in [3.05, 3.63) is 0 Å². The van der Waals surface area contributed by atoms with E-state index < -0.39 is 0 Å². The van der Waals surface area contributed by atoms with E-state index in [1.807, 2.05) is 0 Å². The zero-order valence-corrected chi connectivity index (χ0v) is 15.0. The first-order valence-corrected chi connectivity index (χ1v) is 9.47. The molecule has 4 unspecified atom stereocenters. The fourth-order valence-electron chi connectivity index (χ4n) is 5.12. The van der Waals surface area contributed by atoms with E-state index in [0.717, 1.165) is 24.4 Å². The summed E-state index contributed by atoms with van der Waals surface area (Å²) in [6.07, 6.45) is 11.5. The third kappa shape index (κ3) is 4.69. The quantitative estimate of drug-likeness (QED) is 0.785. The topological polar surface area (TPSA) is 15.3 Å². The van der Waals surface area contributed by atoms with Crippen LogP contribution in [0, 0.1) is 17.3 Å². The molecule has 4 atom stereocenters. The van der Waals surface area contributed by atoms with E-state index in [9.17, 15) is 0 Å². The van der Waals surface area contributed by atoms with Crippen molar-refractivity contribution in [3.8, 4) is 0 Å². The predicted octanol–water partition coefficient (Wildman–Crippen LogP) is 4.30. The Morgan fingerprint density at radius 1 is 1.10 bits per heavy atom. The maximum atomic E-state index is 3.67. The largest absolute Gasteiger partial charge is 0.316 e. The molecule has 2 rings (SSSR count). The Morgan fingerprint density at radius 3 is 2.52 bits per heavy atom. The van der Waals surface area contributed by atoms with Crippen LogP contribution in [0.2, 0.25) is 0 Å². The summed E-state index contributed by atoms with van der Waals surface area (Å²) >= 11 is 0. The van der Waals surface area contributed by atoms with Gasteiger partial charge in [0.05, 0.1) is 0 Å². The third-order valence-corrected chi connectivity index (χ3v) is 6.15. The summed E-state index contributed by atoms with van der Waals surface area (Å²) in [4.78, 5) is 2.74. The molecule has 2 nitrogen and oxygen atoms in total. The summed E-state index contributed by atoms with van der Waals surface area (Å²) < 4.78 is 0. The standard InChI is InChI=1S/C19H38N2/c1-5-20-14-19(12-8-9-16(2)13-19)15-21(4)18-11-7-6-10-17(18)3/h16-18,20H,5-15H2,1-4H3. The Labute approximate surface area is 133 Å². The van der Waals surface area contributed by atoms with E-state index in [0.29, 0.717) is 5.41 Å². The molecular formula is C19H38N2. The minimum atomic E-state index is 0.527. The van der Waals surface area contributed by atoms with Crippen LogP contribution in [0.25, 0.3) is 0 Å². The van der Waals surface area contributed by atoms with Crippen molar-refractivity contribution < 1.29 is 0 Å². The second kappa shape index (κ2) is 7.97. The van der Waals surface area contributed by atoms with Crippen LogP contribution >= 0.6 is 0 Å². The Hall–Kier alpha value is -0.0800. The Kier molecular flexibility index (Phi) is 6.55. The summed E-state index contributed by atoms with van der Waals surface area (Å²) in [7, 11) is 2.40. The molecule has 0 saturated heterocycles. The maximum absolute atomic E-state index is 3.67. The third-order valence-electron chi connectivity index (χ3n) is 6.15. The first-order valence-electron chi connectivity index (χ1n) is 9.47. The molecule has 0 aromatic carbocycles. The lowest BCUT2D eigenvalue weighted by atomic mass is 9.69. The minimum absolute atomic E-state index is 0.527. The number of nitrogens with zero attached hydrogens (tertiary/aromatic N) is 1. The van der Waals surface area contributed by atoms with Crippen molar-refractivity contribution in [2.24, 2.45) is 17.3 Å². The molecule has 0 radical (unpaired) electrons. The average Bonchev–Trinajstić information content (AvgIpc) is 2.45. The van der Waals surface area contributed by atoms with Gasteiger partial charge >= 0.3 is 0 Å². The van der Waals surface area contributed by atoms with Gasteiger partial charge in [0.15, 0.2) is 0 Å². The second-order valence-corrected chi connectivity index (χ2v) is 8.23. The van der Waals surface area contributed by atoms with Crippen LogP contribution in [-0.2, 0) is 0 Å². The van der Waals surface area contributed by atoms with Crippen LogP contribution < -0.4 is 5.32 Å². The van der Waals surface area contributed by atoms with Crippen molar-refractivity contribution >= 4 is 0 Å². The van der Waals surface area contributed by atoms with E-state index in [-0.39, 0.29) is 0 Å². The fourth-order valence-corrected chi connectivity index (χ4v) is 5.12. The van der Waals surface area contributed by atoms with Gasteiger partial charge in [-0.1, -0.05) is 46.5 Å². The first kappa shape index (κ1) is 17.3. The van der Waals surface area contributed by atoms with E-state index in [1.165, 1.54) is 64.5 Å². The van der Waals surface area contributed by atoms with Gasteiger partial charge in [0.2, 0.25) is 0 Å². The number of hydrogen-bond donors (Lipinski definition) is 1. The highest BCUT2D eigenvalue weighted by molar-refractivity contribution is 4.91. The monoisotopic (exact) mass is 294 g/mol. The summed E-state index contributed by atoms with van der Waals surface area (Å²) in [5.74, 6) is 1.80. The lowest BCUT2D eigenvalue weighted by Crippen LogP contribution is -2.50. The van der Waals surface area contributed by atoms with E-state index >= 15 is 0 Å². The molecule has 0 heterocycles. The molecule has 0 aromatic rings. The molecule has 2 aliphatic rings. The first-order chi connectivity index (χ1) is 10.1. The lowest BCUT2D eigenvalue weighted by Gasteiger charge is -2.46. The van der Waals surface area contributed by atoms with Crippen molar-refractivity contribution in [3.63, 3.8) is 0 Å². The van der Waals surface area contributed by atoms with Crippen molar-refractivity contribution in [1.82, 2.24) is 10.2 Å². The van der Waals surface area contributed by atoms with Crippen LogP contribution in [0.3, 0.4) is 0 Å². The van der Waals surface area contributed by atoms with Gasteiger partial charge in [-0.05, 0) is 56.5 Å². The zero-order valence-electron chi connectivity index (χ0n) is 15.0. The van der Waals surface area contributed by atoms with Crippen LogP contribution in [-0.4, -0.2) is 37.6 Å². The van der Waals surface area contributed by atoms with Gasteiger partial charge < -0.3 is 10.2 Å². The molecule has 2 saturated carbocycles. The molecule has 0 aromatic heterocycles. The zero-order chi connectivity index (χ0) is 15.3. The normalized spacial score (nSPS) is 37.9. The smallest absolute Gasteiger partial charge is 0.0118 e. The van der Waals surface area contributed by atoms with E-state index in [2.05, 4.69) is 38.0 Å². The molecule has 2 fully saturated rings. The molecule has 2 heteroatoms. The minimum Gasteiger partial charge on any atom is -0.316 e. The molecule has 0 bridgehead atoms. The molecule has 1 N–H and O–H groups in total. The van der Waals surface area contributed by atoms with Crippen LogP contribution in [0.1, 0.15) is 72.1 Å². The molecule has 21 heavy (non-hydrogen) atoms. The molecule has 0 aliphatic heterocycles. The van der Waals surface area contributed by atoms with E-state index in [4.69, 9.17) is 0 Å². The molecule has 124 valence electrons. The van der Waals surface area contributed by atoms with Gasteiger partial charge in [0, 0.05) is 19.1 Å². The number of rotatable bonds is 6. The maximum Gasteiger partial charge on any atom is 0.0118 e. The average molecular weight is 295 g/mol. The Bertz CT molecular complexity index is 304. The SMILES string of the molecule is CCNCC1(CN(C)C2CCCCC2C)CCCC(C)C1. The predicted molar refractivity (Wildman–Crippen MR) is 92.7 cm³/mol. The Balaban J connectivity index is 1.99. The number of nitrogens with one attached hydrogen (secondary N) is 1. The van der Waals surface area contributed by atoms with Crippen LogP contribution in [0.4, 0.5) is 0 Å².